The van der Waals surface area contributed by atoms with Gasteiger partial charge < -0.3 is 5.73 Å². The van der Waals surface area contributed by atoms with Crippen LogP contribution in [0.3, 0.4) is 0 Å². The van der Waals surface area contributed by atoms with Gasteiger partial charge in [-0.1, -0.05) is 23.2 Å². The van der Waals surface area contributed by atoms with Crippen LogP contribution in [0.1, 0.15) is 18.9 Å². The van der Waals surface area contributed by atoms with Gasteiger partial charge in [-0.3, -0.25) is 4.98 Å². The quantitative estimate of drug-likeness (QED) is 0.848. The van der Waals surface area contributed by atoms with E-state index in [1.54, 1.807) is 12.4 Å². The minimum absolute atomic E-state index is 0.167. The standard InChI is InChI=1S/C9H12Cl2N2/c1-6(12)2-3-7-8(10)4-13-5-9(7)11/h4-6H,2-3,12H2,1H3. The zero-order valence-electron chi connectivity index (χ0n) is 7.43. The molecule has 72 valence electrons. The molecule has 4 heteroatoms. The molecule has 0 spiro atoms. The second-order valence-electron chi connectivity index (χ2n) is 3.10. The number of aromatic nitrogens is 1. The highest BCUT2D eigenvalue weighted by atomic mass is 35.5. The highest BCUT2D eigenvalue weighted by Gasteiger charge is 2.06. The van der Waals surface area contributed by atoms with Gasteiger partial charge in [-0.15, -0.1) is 0 Å². The van der Waals surface area contributed by atoms with Crippen LogP contribution in [0.25, 0.3) is 0 Å². The molecular formula is C9H12Cl2N2. The summed E-state index contributed by atoms with van der Waals surface area (Å²) in [6, 6.07) is 0.167. The highest BCUT2D eigenvalue weighted by molar-refractivity contribution is 6.35. The number of nitrogens with zero attached hydrogens (tertiary/aromatic N) is 1. The minimum Gasteiger partial charge on any atom is -0.328 e. The van der Waals surface area contributed by atoms with Gasteiger partial charge in [0.1, 0.15) is 0 Å². The average Bonchev–Trinajstić information content (AvgIpc) is 2.03. The molecule has 1 unspecified atom stereocenters. The van der Waals surface area contributed by atoms with Crippen LogP contribution >= 0.6 is 23.2 Å². The van der Waals surface area contributed by atoms with Crippen LogP contribution in [-0.4, -0.2) is 11.0 Å². The van der Waals surface area contributed by atoms with E-state index in [4.69, 9.17) is 28.9 Å². The lowest BCUT2D eigenvalue weighted by molar-refractivity contribution is 0.666. The van der Waals surface area contributed by atoms with E-state index in [0.717, 1.165) is 18.4 Å². The summed E-state index contributed by atoms with van der Waals surface area (Å²) in [5.74, 6) is 0. The molecule has 1 heterocycles. The van der Waals surface area contributed by atoms with Crippen LogP contribution in [0.4, 0.5) is 0 Å². The summed E-state index contributed by atoms with van der Waals surface area (Å²) in [6.07, 6.45) is 4.88. The Balaban J connectivity index is 2.75. The Labute approximate surface area is 88.1 Å². The summed E-state index contributed by atoms with van der Waals surface area (Å²) < 4.78 is 0. The van der Waals surface area contributed by atoms with Gasteiger partial charge in [0.25, 0.3) is 0 Å². The molecule has 0 aliphatic heterocycles. The van der Waals surface area contributed by atoms with E-state index in [1.165, 1.54) is 0 Å². The second kappa shape index (κ2) is 4.80. The van der Waals surface area contributed by atoms with Gasteiger partial charge in [-0.2, -0.15) is 0 Å². The van der Waals surface area contributed by atoms with Gasteiger partial charge in [0, 0.05) is 18.4 Å². The maximum atomic E-state index is 5.93. The van der Waals surface area contributed by atoms with Crippen molar-refractivity contribution >= 4 is 23.2 Å². The van der Waals surface area contributed by atoms with E-state index in [0.29, 0.717) is 10.0 Å². The first-order valence-corrected chi connectivity index (χ1v) is 4.90. The van der Waals surface area contributed by atoms with Crippen LogP contribution in [0, 0.1) is 0 Å². The van der Waals surface area contributed by atoms with Crippen LogP contribution in [0.2, 0.25) is 10.0 Å². The molecule has 0 aliphatic carbocycles. The SMILES string of the molecule is CC(N)CCc1c(Cl)cncc1Cl. The number of halogens is 2. The van der Waals surface area contributed by atoms with Gasteiger partial charge in [-0.25, -0.2) is 0 Å². The lowest BCUT2D eigenvalue weighted by atomic mass is 10.1. The fraction of sp³-hybridized carbons (Fsp3) is 0.444. The largest absolute Gasteiger partial charge is 0.328 e. The third-order valence-corrected chi connectivity index (χ3v) is 2.45. The highest BCUT2D eigenvalue weighted by Crippen LogP contribution is 2.24. The number of pyridine rings is 1. The van der Waals surface area contributed by atoms with Crippen LogP contribution in [-0.2, 0) is 6.42 Å². The Morgan fingerprint density at radius 1 is 1.38 bits per heavy atom. The lowest BCUT2D eigenvalue weighted by Crippen LogP contribution is -2.15. The summed E-state index contributed by atoms with van der Waals surface area (Å²) in [5.41, 5.74) is 6.58. The van der Waals surface area contributed by atoms with Crippen LogP contribution in [0.15, 0.2) is 12.4 Å². The molecule has 0 fully saturated rings. The zero-order chi connectivity index (χ0) is 9.84. The lowest BCUT2D eigenvalue weighted by Gasteiger charge is -2.07. The van der Waals surface area contributed by atoms with E-state index in [2.05, 4.69) is 4.98 Å². The van der Waals surface area contributed by atoms with E-state index < -0.39 is 0 Å². The molecule has 1 atom stereocenters. The molecule has 1 rings (SSSR count). The Morgan fingerprint density at radius 2 is 1.92 bits per heavy atom. The molecule has 0 aromatic carbocycles. The second-order valence-corrected chi connectivity index (χ2v) is 3.91. The molecule has 1 aromatic rings. The molecule has 0 saturated carbocycles. The molecule has 2 nitrogen and oxygen atoms in total. The molecule has 0 saturated heterocycles. The van der Waals surface area contributed by atoms with Crippen LogP contribution in [0.5, 0.6) is 0 Å². The van der Waals surface area contributed by atoms with Crippen molar-refractivity contribution in [2.24, 2.45) is 5.73 Å². The van der Waals surface area contributed by atoms with Crippen molar-refractivity contribution in [2.75, 3.05) is 0 Å². The molecule has 1 aromatic heterocycles. The Morgan fingerprint density at radius 3 is 2.38 bits per heavy atom. The number of hydrogen-bond acceptors (Lipinski definition) is 2. The van der Waals surface area contributed by atoms with Gasteiger partial charge in [0.2, 0.25) is 0 Å². The molecule has 0 radical (unpaired) electrons. The summed E-state index contributed by atoms with van der Waals surface area (Å²) in [7, 11) is 0. The number of hydrogen-bond donors (Lipinski definition) is 1. The van der Waals surface area contributed by atoms with Crippen molar-refractivity contribution in [3.05, 3.63) is 28.0 Å². The van der Waals surface area contributed by atoms with Gasteiger partial charge >= 0.3 is 0 Å². The normalized spacial score (nSPS) is 12.9. The van der Waals surface area contributed by atoms with Crippen molar-refractivity contribution in [3.63, 3.8) is 0 Å². The third-order valence-electron chi connectivity index (χ3n) is 1.80. The first-order chi connectivity index (χ1) is 6.11. The van der Waals surface area contributed by atoms with Crippen molar-refractivity contribution in [3.8, 4) is 0 Å². The fourth-order valence-corrected chi connectivity index (χ4v) is 1.60. The Kier molecular flexibility index (Phi) is 3.97. The maximum absolute atomic E-state index is 5.93. The molecular weight excluding hydrogens is 207 g/mol. The van der Waals surface area contributed by atoms with Gasteiger partial charge in [0.05, 0.1) is 10.0 Å². The predicted octanol–water partition coefficient (Wildman–Crippen LogP) is 2.67. The smallest absolute Gasteiger partial charge is 0.0636 e. The predicted molar refractivity (Wildman–Crippen MR) is 56.2 cm³/mol. The summed E-state index contributed by atoms with van der Waals surface area (Å²) in [6.45, 7) is 1.96. The molecule has 0 bridgehead atoms. The molecule has 0 aliphatic rings. The summed E-state index contributed by atoms with van der Waals surface area (Å²) >= 11 is 11.9. The van der Waals surface area contributed by atoms with Crippen molar-refractivity contribution in [1.82, 2.24) is 4.98 Å². The van der Waals surface area contributed by atoms with Gasteiger partial charge in [0.15, 0.2) is 0 Å². The first kappa shape index (κ1) is 10.8. The van der Waals surface area contributed by atoms with E-state index in [-0.39, 0.29) is 6.04 Å². The van der Waals surface area contributed by atoms with E-state index in [9.17, 15) is 0 Å². The zero-order valence-corrected chi connectivity index (χ0v) is 8.94. The topological polar surface area (TPSA) is 38.9 Å². The van der Waals surface area contributed by atoms with Crippen LogP contribution < -0.4 is 5.73 Å². The van der Waals surface area contributed by atoms with Gasteiger partial charge in [-0.05, 0) is 25.3 Å². The summed E-state index contributed by atoms with van der Waals surface area (Å²) in [5, 5.41) is 1.24. The van der Waals surface area contributed by atoms with Crippen molar-refractivity contribution in [2.45, 2.75) is 25.8 Å². The van der Waals surface area contributed by atoms with E-state index in [1.807, 2.05) is 6.92 Å². The van der Waals surface area contributed by atoms with E-state index >= 15 is 0 Å². The average molecular weight is 219 g/mol. The molecule has 13 heavy (non-hydrogen) atoms. The molecule has 2 N–H and O–H groups in total. The molecule has 0 amide bonds. The van der Waals surface area contributed by atoms with Crippen molar-refractivity contribution in [1.29, 1.82) is 0 Å². The Bertz CT molecular complexity index is 267. The Hall–Kier alpha value is -0.310. The third kappa shape index (κ3) is 3.14. The maximum Gasteiger partial charge on any atom is 0.0636 e. The number of rotatable bonds is 3. The fourth-order valence-electron chi connectivity index (χ4n) is 1.05. The first-order valence-electron chi connectivity index (χ1n) is 4.14. The number of nitrogens with two attached hydrogens (primary N) is 1. The summed E-state index contributed by atoms with van der Waals surface area (Å²) in [4.78, 5) is 3.88. The minimum atomic E-state index is 0.167. The monoisotopic (exact) mass is 218 g/mol. The van der Waals surface area contributed by atoms with Crippen molar-refractivity contribution < 1.29 is 0 Å².